The predicted molar refractivity (Wildman–Crippen MR) is 62.6 cm³/mol. The highest BCUT2D eigenvalue weighted by molar-refractivity contribution is 5.87. The molecular weight excluding hydrogens is 238 g/mol. The van der Waals surface area contributed by atoms with Crippen molar-refractivity contribution < 1.29 is 14.6 Å². The molecule has 2 rings (SSSR count). The summed E-state index contributed by atoms with van der Waals surface area (Å²) in [6.07, 6.45) is 1.52. The van der Waals surface area contributed by atoms with Gasteiger partial charge >= 0.3 is 5.97 Å². The molecule has 0 fully saturated rings. The van der Waals surface area contributed by atoms with E-state index >= 15 is 0 Å². The molecule has 7 heteroatoms. The Hall–Kier alpha value is -2.28. The van der Waals surface area contributed by atoms with Gasteiger partial charge < -0.3 is 9.84 Å². The molecule has 0 bridgehead atoms. The number of fused-ring (bicyclic) bond motifs is 1. The van der Waals surface area contributed by atoms with Gasteiger partial charge in [0.1, 0.15) is 5.52 Å². The molecule has 94 valence electrons. The van der Waals surface area contributed by atoms with Crippen LogP contribution >= 0.6 is 0 Å². The van der Waals surface area contributed by atoms with Crippen molar-refractivity contribution in [1.82, 2.24) is 14.5 Å². The normalized spacial score (nSPS) is 10.7. The second-order valence-electron chi connectivity index (χ2n) is 3.56. The van der Waals surface area contributed by atoms with Gasteiger partial charge in [0.15, 0.2) is 5.65 Å². The van der Waals surface area contributed by atoms with E-state index in [1.165, 1.54) is 17.9 Å². The molecule has 0 unspecified atom stereocenters. The lowest BCUT2D eigenvalue weighted by molar-refractivity contribution is 0.0687. The molecule has 7 nitrogen and oxygen atoms in total. The topological polar surface area (TPSA) is 94.3 Å². The zero-order valence-corrected chi connectivity index (χ0v) is 9.66. The van der Waals surface area contributed by atoms with Crippen LogP contribution in [0.1, 0.15) is 10.5 Å². The average molecular weight is 249 g/mol. The first kappa shape index (κ1) is 12.2. The van der Waals surface area contributed by atoms with Gasteiger partial charge in [-0.05, 0) is 12.1 Å². The van der Waals surface area contributed by atoms with Gasteiger partial charge in [-0.2, -0.15) is 0 Å². The quantitative estimate of drug-likeness (QED) is 0.828. The molecule has 2 aromatic rings. The summed E-state index contributed by atoms with van der Waals surface area (Å²) >= 11 is 0. The lowest BCUT2D eigenvalue weighted by Crippen LogP contribution is -2.30. The largest absolute Gasteiger partial charge is 0.476 e. The molecule has 0 amide bonds. The number of hydrogen-bond donors (Lipinski definition) is 1. The Bertz CT molecular complexity index is 650. The second-order valence-corrected chi connectivity index (χ2v) is 3.56. The van der Waals surface area contributed by atoms with E-state index in [9.17, 15) is 9.59 Å². The van der Waals surface area contributed by atoms with E-state index in [1.807, 2.05) is 0 Å². The predicted octanol–water partition coefficient (Wildman–Crippen LogP) is 0.136. The average Bonchev–Trinajstić information content (AvgIpc) is 2.37. The first-order valence-electron chi connectivity index (χ1n) is 5.23. The van der Waals surface area contributed by atoms with Crippen molar-refractivity contribution in [2.45, 2.75) is 6.54 Å². The number of ether oxygens (including phenoxy) is 1. The third-order valence-electron chi connectivity index (χ3n) is 2.42. The summed E-state index contributed by atoms with van der Waals surface area (Å²) in [6.45, 7) is 0.514. The molecule has 1 N–H and O–H groups in total. The van der Waals surface area contributed by atoms with Gasteiger partial charge in [0.25, 0.3) is 5.56 Å². The molecule has 0 aliphatic carbocycles. The Morgan fingerprint density at radius 2 is 2.33 bits per heavy atom. The maximum Gasteiger partial charge on any atom is 0.360 e. The molecule has 0 saturated heterocycles. The van der Waals surface area contributed by atoms with Gasteiger partial charge in [0.05, 0.1) is 13.2 Å². The molecule has 0 aliphatic heterocycles. The van der Waals surface area contributed by atoms with Crippen molar-refractivity contribution in [3.63, 3.8) is 0 Å². The fraction of sp³-hybridized carbons (Fsp3) is 0.273. The number of pyridine rings is 1. The Morgan fingerprint density at radius 1 is 1.56 bits per heavy atom. The SMILES string of the molecule is COCCn1c(=O)c(C(=O)O)nc2cccnc21. The lowest BCUT2D eigenvalue weighted by atomic mass is 10.3. The van der Waals surface area contributed by atoms with Gasteiger partial charge in [-0.15, -0.1) is 0 Å². The highest BCUT2D eigenvalue weighted by atomic mass is 16.5. The van der Waals surface area contributed by atoms with Gasteiger partial charge in [-0.1, -0.05) is 0 Å². The van der Waals surface area contributed by atoms with Crippen molar-refractivity contribution in [1.29, 1.82) is 0 Å². The van der Waals surface area contributed by atoms with Gasteiger partial charge in [0.2, 0.25) is 5.69 Å². The minimum Gasteiger partial charge on any atom is -0.476 e. The molecule has 0 aromatic carbocycles. The van der Waals surface area contributed by atoms with Crippen LogP contribution in [0, 0.1) is 0 Å². The summed E-state index contributed by atoms with van der Waals surface area (Å²) < 4.78 is 6.15. The third kappa shape index (κ3) is 2.07. The molecule has 0 saturated carbocycles. The standard InChI is InChI=1S/C11H11N3O4/c1-18-6-5-14-9-7(3-2-4-12-9)13-8(10(14)15)11(16)17/h2-4H,5-6H2,1H3,(H,16,17). The van der Waals surface area contributed by atoms with Gasteiger partial charge in [0, 0.05) is 13.3 Å². The summed E-state index contributed by atoms with van der Waals surface area (Å²) in [5.41, 5.74) is -0.465. The molecule has 18 heavy (non-hydrogen) atoms. The van der Waals surface area contributed by atoms with Crippen LogP contribution in [0.25, 0.3) is 11.2 Å². The van der Waals surface area contributed by atoms with Gasteiger partial charge in [-0.25, -0.2) is 14.8 Å². The van der Waals surface area contributed by atoms with E-state index in [1.54, 1.807) is 12.1 Å². The number of carboxylic acids is 1. The van der Waals surface area contributed by atoms with Crippen LogP contribution in [-0.2, 0) is 11.3 Å². The lowest BCUT2D eigenvalue weighted by Gasteiger charge is -2.09. The number of rotatable bonds is 4. The Labute approximate surface area is 102 Å². The summed E-state index contributed by atoms with van der Waals surface area (Å²) in [6, 6.07) is 3.24. The number of methoxy groups -OCH3 is 1. The van der Waals surface area contributed by atoms with Crippen LogP contribution in [0.4, 0.5) is 0 Å². The van der Waals surface area contributed by atoms with E-state index in [2.05, 4.69) is 9.97 Å². The fourth-order valence-electron chi connectivity index (χ4n) is 1.61. The molecule has 2 heterocycles. The number of carbonyl (C=O) groups is 1. The van der Waals surface area contributed by atoms with Gasteiger partial charge in [-0.3, -0.25) is 9.36 Å². The smallest absolute Gasteiger partial charge is 0.360 e. The molecule has 0 radical (unpaired) electrons. The maximum absolute atomic E-state index is 12.0. The molecule has 0 spiro atoms. The number of nitrogens with zero attached hydrogens (tertiary/aromatic N) is 3. The van der Waals surface area contributed by atoms with E-state index in [4.69, 9.17) is 9.84 Å². The van der Waals surface area contributed by atoms with Crippen LogP contribution < -0.4 is 5.56 Å². The summed E-state index contributed by atoms with van der Waals surface area (Å²) in [5, 5.41) is 8.95. The van der Waals surface area contributed by atoms with Crippen LogP contribution in [0.2, 0.25) is 0 Å². The van der Waals surface area contributed by atoms with Crippen LogP contribution in [-0.4, -0.2) is 39.3 Å². The highest BCUT2D eigenvalue weighted by Crippen LogP contribution is 2.06. The maximum atomic E-state index is 12.0. The minimum atomic E-state index is -1.35. The van der Waals surface area contributed by atoms with Crippen molar-refractivity contribution in [2.75, 3.05) is 13.7 Å². The summed E-state index contributed by atoms with van der Waals surface area (Å²) in [5.74, 6) is -1.35. The minimum absolute atomic E-state index is 0.228. The highest BCUT2D eigenvalue weighted by Gasteiger charge is 2.16. The Kier molecular flexibility index (Phi) is 3.33. The molecule has 0 atom stereocenters. The van der Waals surface area contributed by atoms with Crippen molar-refractivity contribution in [3.05, 3.63) is 34.4 Å². The van der Waals surface area contributed by atoms with E-state index in [-0.39, 0.29) is 13.2 Å². The summed E-state index contributed by atoms with van der Waals surface area (Å²) in [4.78, 5) is 30.8. The van der Waals surface area contributed by atoms with E-state index in [0.717, 1.165) is 0 Å². The Morgan fingerprint density at radius 3 is 3.00 bits per heavy atom. The first-order valence-corrected chi connectivity index (χ1v) is 5.23. The second kappa shape index (κ2) is 4.92. The fourth-order valence-corrected chi connectivity index (χ4v) is 1.61. The number of aromatic nitrogens is 3. The number of aromatic carboxylic acids is 1. The van der Waals surface area contributed by atoms with E-state index in [0.29, 0.717) is 11.2 Å². The molecular formula is C11H11N3O4. The number of carboxylic acid groups (broad SMARTS) is 1. The monoisotopic (exact) mass is 249 g/mol. The first-order chi connectivity index (χ1) is 8.65. The van der Waals surface area contributed by atoms with E-state index < -0.39 is 17.2 Å². The van der Waals surface area contributed by atoms with Crippen molar-refractivity contribution >= 4 is 17.1 Å². The van der Waals surface area contributed by atoms with Crippen LogP contribution in [0.15, 0.2) is 23.1 Å². The molecule has 0 aliphatic rings. The van der Waals surface area contributed by atoms with Crippen molar-refractivity contribution in [3.8, 4) is 0 Å². The third-order valence-corrected chi connectivity index (χ3v) is 2.42. The van der Waals surface area contributed by atoms with Crippen LogP contribution in [0.3, 0.4) is 0 Å². The van der Waals surface area contributed by atoms with Crippen LogP contribution in [0.5, 0.6) is 0 Å². The Balaban J connectivity index is 2.73. The summed E-state index contributed by atoms with van der Waals surface area (Å²) in [7, 11) is 1.50. The number of hydrogen-bond acceptors (Lipinski definition) is 5. The zero-order valence-electron chi connectivity index (χ0n) is 9.66. The zero-order chi connectivity index (χ0) is 13.1. The van der Waals surface area contributed by atoms with Crippen molar-refractivity contribution in [2.24, 2.45) is 0 Å². The molecule has 2 aromatic heterocycles.